The fourth-order valence-electron chi connectivity index (χ4n) is 3.40. The number of nitro groups is 1. The van der Waals surface area contributed by atoms with Crippen LogP contribution in [0.3, 0.4) is 0 Å². The molecule has 3 aromatic rings. The number of non-ortho nitro benzene ring substituents is 1. The molecular formula is C23H18ClN3O5. The average molecular weight is 452 g/mol. The number of benzene rings is 3. The summed E-state index contributed by atoms with van der Waals surface area (Å²) < 4.78 is 5.72. The lowest BCUT2D eigenvalue weighted by atomic mass is 10.1. The Balaban J connectivity index is 1.60. The Morgan fingerprint density at radius 1 is 1.16 bits per heavy atom. The van der Waals surface area contributed by atoms with Gasteiger partial charge in [-0.2, -0.15) is 0 Å². The number of fused-ring (bicyclic) bond motifs is 1. The van der Waals surface area contributed by atoms with E-state index in [1.54, 1.807) is 42.2 Å². The Bertz CT molecular complexity index is 1210. The van der Waals surface area contributed by atoms with Crippen molar-refractivity contribution in [2.45, 2.75) is 19.6 Å². The van der Waals surface area contributed by atoms with Crippen molar-refractivity contribution in [3.8, 4) is 5.75 Å². The summed E-state index contributed by atoms with van der Waals surface area (Å²) in [6.45, 7) is 1.97. The predicted octanol–water partition coefficient (Wildman–Crippen LogP) is 4.81. The quantitative estimate of drug-likeness (QED) is 0.443. The fraction of sp³-hybridized carbons (Fsp3) is 0.130. The van der Waals surface area contributed by atoms with Crippen LogP contribution in [-0.2, 0) is 11.3 Å². The van der Waals surface area contributed by atoms with Crippen molar-refractivity contribution in [3.05, 3.63) is 93.0 Å². The number of hydrogen-bond donors (Lipinski definition) is 1. The van der Waals surface area contributed by atoms with Crippen molar-refractivity contribution in [1.29, 1.82) is 0 Å². The van der Waals surface area contributed by atoms with Gasteiger partial charge in [0.05, 0.1) is 17.2 Å². The number of halogens is 1. The van der Waals surface area contributed by atoms with Gasteiger partial charge in [0.15, 0.2) is 6.10 Å². The molecule has 1 atom stereocenters. The van der Waals surface area contributed by atoms with Crippen LogP contribution in [0, 0.1) is 10.1 Å². The zero-order valence-electron chi connectivity index (χ0n) is 16.9. The van der Waals surface area contributed by atoms with Crippen molar-refractivity contribution < 1.29 is 19.2 Å². The molecule has 1 N–H and O–H groups in total. The van der Waals surface area contributed by atoms with Crippen LogP contribution < -0.4 is 15.0 Å². The monoisotopic (exact) mass is 451 g/mol. The molecule has 9 heteroatoms. The maximum absolute atomic E-state index is 12.8. The summed E-state index contributed by atoms with van der Waals surface area (Å²) in [4.78, 5) is 37.3. The summed E-state index contributed by atoms with van der Waals surface area (Å²) in [5.74, 6) is -0.124. The minimum atomic E-state index is -0.651. The first-order valence-corrected chi connectivity index (χ1v) is 10.1. The summed E-state index contributed by atoms with van der Waals surface area (Å²) in [7, 11) is 0. The third-order valence-corrected chi connectivity index (χ3v) is 5.23. The Labute approximate surface area is 188 Å². The molecule has 0 aliphatic carbocycles. The van der Waals surface area contributed by atoms with Crippen molar-refractivity contribution in [3.63, 3.8) is 0 Å². The van der Waals surface area contributed by atoms with Crippen LogP contribution >= 0.6 is 11.6 Å². The highest BCUT2D eigenvalue weighted by Crippen LogP contribution is 2.37. The van der Waals surface area contributed by atoms with Crippen LogP contribution in [0.5, 0.6) is 5.75 Å². The highest BCUT2D eigenvalue weighted by atomic mass is 35.5. The molecule has 0 radical (unpaired) electrons. The van der Waals surface area contributed by atoms with Gasteiger partial charge in [0, 0.05) is 28.4 Å². The third kappa shape index (κ3) is 4.40. The second-order valence-electron chi connectivity index (χ2n) is 7.25. The smallest absolute Gasteiger partial charge is 0.269 e. The SMILES string of the molecule is CC1Oc2ccc(NC(=O)c3ccc([N+](=O)[O-])cc3)cc2N(Cc2cccc(Cl)c2)C1=O. The first-order chi connectivity index (χ1) is 15.3. The lowest BCUT2D eigenvalue weighted by molar-refractivity contribution is -0.384. The van der Waals surface area contributed by atoms with Crippen LogP contribution in [0.25, 0.3) is 0 Å². The number of rotatable bonds is 5. The number of nitrogens with zero attached hydrogens (tertiary/aromatic N) is 2. The molecule has 0 aromatic heterocycles. The first kappa shape index (κ1) is 21.3. The van der Waals surface area contributed by atoms with E-state index in [2.05, 4.69) is 5.32 Å². The number of carbonyl (C=O) groups excluding carboxylic acids is 2. The average Bonchev–Trinajstić information content (AvgIpc) is 2.77. The molecule has 0 fully saturated rings. The van der Waals surface area contributed by atoms with E-state index < -0.39 is 16.9 Å². The van der Waals surface area contributed by atoms with Gasteiger partial charge in [-0.3, -0.25) is 19.7 Å². The van der Waals surface area contributed by atoms with Crippen LogP contribution in [0.15, 0.2) is 66.7 Å². The molecule has 0 spiro atoms. The highest BCUT2D eigenvalue weighted by Gasteiger charge is 2.32. The standard InChI is InChI=1S/C23H18ClN3O5/c1-14-23(29)26(13-15-3-2-4-17(24)11-15)20-12-18(7-10-21(20)32-14)25-22(28)16-5-8-19(9-6-16)27(30)31/h2-12,14H,13H2,1H3,(H,25,28). The predicted molar refractivity (Wildman–Crippen MR) is 120 cm³/mol. The zero-order chi connectivity index (χ0) is 22.8. The molecule has 1 unspecified atom stereocenters. The van der Waals surface area contributed by atoms with E-state index in [0.29, 0.717) is 28.7 Å². The van der Waals surface area contributed by atoms with Gasteiger partial charge in [-0.1, -0.05) is 23.7 Å². The molecule has 32 heavy (non-hydrogen) atoms. The van der Waals surface area contributed by atoms with Gasteiger partial charge in [-0.15, -0.1) is 0 Å². The molecule has 3 aromatic carbocycles. The van der Waals surface area contributed by atoms with Crippen molar-refractivity contribution in [1.82, 2.24) is 0 Å². The van der Waals surface area contributed by atoms with Crippen molar-refractivity contribution in [2.75, 3.05) is 10.2 Å². The Morgan fingerprint density at radius 3 is 2.59 bits per heavy atom. The zero-order valence-corrected chi connectivity index (χ0v) is 17.7. The van der Waals surface area contributed by atoms with Gasteiger partial charge in [-0.25, -0.2) is 0 Å². The highest BCUT2D eigenvalue weighted by molar-refractivity contribution is 6.30. The van der Waals surface area contributed by atoms with Gasteiger partial charge < -0.3 is 15.0 Å². The van der Waals surface area contributed by atoms with E-state index in [0.717, 1.165) is 5.56 Å². The van der Waals surface area contributed by atoms with Crippen LogP contribution in [-0.4, -0.2) is 22.8 Å². The van der Waals surface area contributed by atoms with E-state index in [9.17, 15) is 19.7 Å². The summed E-state index contributed by atoms with van der Waals surface area (Å²) in [5, 5.41) is 14.1. The molecule has 8 nitrogen and oxygen atoms in total. The summed E-state index contributed by atoms with van der Waals surface area (Å²) in [6, 6.07) is 17.5. The maximum Gasteiger partial charge on any atom is 0.269 e. The topological polar surface area (TPSA) is 102 Å². The van der Waals surface area contributed by atoms with Gasteiger partial charge >= 0.3 is 0 Å². The molecule has 0 saturated heterocycles. The van der Waals surface area contributed by atoms with Crippen molar-refractivity contribution in [2.24, 2.45) is 0 Å². The molecule has 2 amide bonds. The number of nitrogens with one attached hydrogen (secondary N) is 1. The maximum atomic E-state index is 12.8. The Morgan fingerprint density at radius 2 is 1.91 bits per heavy atom. The fourth-order valence-corrected chi connectivity index (χ4v) is 3.62. The van der Waals surface area contributed by atoms with E-state index in [1.165, 1.54) is 24.3 Å². The second kappa shape index (κ2) is 8.68. The van der Waals surface area contributed by atoms with E-state index in [-0.39, 0.29) is 17.2 Å². The van der Waals surface area contributed by atoms with Crippen LogP contribution in [0.1, 0.15) is 22.8 Å². The molecule has 162 valence electrons. The number of ether oxygens (including phenoxy) is 1. The Hall–Kier alpha value is -3.91. The molecule has 1 aliphatic rings. The number of amides is 2. The first-order valence-electron chi connectivity index (χ1n) is 9.74. The number of nitro benzene ring substituents is 1. The van der Waals surface area contributed by atoms with Crippen LogP contribution in [0.2, 0.25) is 5.02 Å². The molecular weight excluding hydrogens is 434 g/mol. The van der Waals surface area contributed by atoms with Gasteiger partial charge in [0.2, 0.25) is 0 Å². The van der Waals surface area contributed by atoms with E-state index in [4.69, 9.17) is 16.3 Å². The third-order valence-electron chi connectivity index (χ3n) is 5.00. The largest absolute Gasteiger partial charge is 0.479 e. The minimum absolute atomic E-state index is 0.100. The second-order valence-corrected chi connectivity index (χ2v) is 7.69. The number of hydrogen-bond acceptors (Lipinski definition) is 5. The van der Waals surface area contributed by atoms with Gasteiger partial charge in [-0.05, 0) is 55.0 Å². The number of anilines is 2. The summed E-state index contributed by atoms with van der Waals surface area (Å²) in [6.07, 6.45) is -0.651. The van der Waals surface area contributed by atoms with Crippen LogP contribution in [0.4, 0.5) is 17.1 Å². The summed E-state index contributed by atoms with van der Waals surface area (Å²) in [5.41, 5.74) is 2.00. The minimum Gasteiger partial charge on any atom is -0.479 e. The Kier molecular flexibility index (Phi) is 5.79. The molecule has 1 heterocycles. The van der Waals surface area contributed by atoms with E-state index >= 15 is 0 Å². The molecule has 0 saturated carbocycles. The lowest BCUT2D eigenvalue weighted by Crippen LogP contribution is -2.44. The van der Waals surface area contributed by atoms with Gasteiger partial charge in [0.1, 0.15) is 5.75 Å². The lowest BCUT2D eigenvalue weighted by Gasteiger charge is -2.33. The summed E-state index contributed by atoms with van der Waals surface area (Å²) >= 11 is 6.08. The molecule has 4 rings (SSSR count). The molecule has 0 bridgehead atoms. The van der Waals surface area contributed by atoms with Crippen molar-refractivity contribution >= 4 is 40.5 Å². The van der Waals surface area contributed by atoms with Gasteiger partial charge in [0.25, 0.3) is 17.5 Å². The number of carbonyl (C=O) groups is 2. The normalized spacial score (nSPS) is 15.0. The molecule has 1 aliphatic heterocycles. The van der Waals surface area contributed by atoms with E-state index in [1.807, 2.05) is 12.1 Å².